The van der Waals surface area contributed by atoms with E-state index in [1.165, 1.54) is 0 Å². The van der Waals surface area contributed by atoms with Crippen LogP contribution in [0.1, 0.15) is 32.2 Å². The lowest BCUT2D eigenvalue weighted by atomic mass is 9.95. The molecule has 5 heteroatoms. The van der Waals surface area contributed by atoms with Crippen LogP contribution in [0, 0.1) is 6.92 Å². The molecule has 1 rings (SSSR count). The van der Waals surface area contributed by atoms with Gasteiger partial charge in [0.05, 0.1) is 6.61 Å². The third kappa shape index (κ3) is 3.30. The van der Waals surface area contributed by atoms with Crippen molar-refractivity contribution in [2.75, 3.05) is 30.8 Å². The minimum absolute atomic E-state index is 0.0865. The largest absolute Gasteiger partial charge is 0.395 e. The third-order valence-corrected chi connectivity index (χ3v) is 2.46. The monoisotopic (exact) mass is 238 g/mol. The smallest absolute Gasteiger partial charge is 0.138 e. The van der Waals surface area contributed by atoms with Gasteiger partial charge in [0.25, 0.3) is 0 Å². The van der Waals surface area contributed by atoms with Crippen LogP contribution >= 0.6 is 0 Å². The molecule has 0 unspecified atom stereocenters. The Bertz CT molecular complexity index is 385. The average Bonchev–Trinajstić information content (AvgIpc) is 2.26. The maximum Gasteiger partial charge on any atom is 0.138 e. The van der Waals surface area contributed by atoms with Crippen LogP contribution in [0.5, 0.6) is 0 Å². The van der Waals surface area contributed by atoms with Crippen LogP contribution in [0.3, 0.4) is 0 Å². The van der Waals surface area contributed by atoms with E-state index in [2.05, 4.69) is 41.4 Å². The second-order valence-corrected chi connectivity index (χ2v) is 5.02. The number of aliphatic hydroxyl groups is 1. The van der Waals surface area contributed by atoms with Crippen molar-refractivity contribution in [1.82, 2.24) is 9.97 Å². The van der Waals surface area contributed by atoms with Crippen LogP contribution in [-0.4, -0.2) is 35.3 Å². The van der Waals surface area contributed by atoms with Gasteiger partial charge in [-0.15, -0.1) is 0 Å². The SMILES string of the molecule is CNc1nc(C(C)(C)C)nc(NCCO)c1C. The van der Waals surface area contributed by atoms with Crippen molar-refractivity contribution < 1.29 is 5.11 Å². The van der Waals surface area contributed by atoms with Gasteiger partial charge in [-0.1, -0.05) is 20.8 Å². The Morgan fingerprint density at radius 3 is 2.24 bits per heavy atom. The first kappa shape index (κ1) is 13.7. The molecular weight excluding hydrogens is 216 g/mol. The van der Waals surface area contributed by atoms with Crippen molar-refractivity contribution in [3.05, 3.63) is 11.4 Å². The minimum Gasteiger partial charge on any atom is -0.395 e. The molecule has 17 heavy (non-hydrogen) atoms. The molecule has 0 aliphatic carbocycles. The van der Waals surface area contributed by atoms with Gasteiger partial charge in [0.1, 0.15) is 17.5 Å². The Balaban J connectivity index is 3.19. The molecule has 0 saturated heterocycles. The third-order valence-electron chi connectivity index (χ3n) is 2.46. The standard InChI is InChI=1S/C12H22N4O/c1-8-9(13-5)15-11(12(2,3)4)16-10(8)14-6-7-17/h17H,6-7H2,1-5H3,(H2,13,14,15,16). The molecule has 1 aromatic heterocycles. The molecule has 0 fully saturated rings. The van der Waals surface area contributed by atoms with Crippen molar-refractivity contribution in [2.24, 2.45) is 0 Å². The maximum atomic E-state index is 8.85. The summed E-state index contributed by atoms with van der Waals surface area (Å²) in [5.41, 5.74) is 0.864. The Hall–Kier alpha value is -1.36. The summed E-state index contributed by atoms with van der Waals surface area (Å²) in [5.74, 6) is 2.39. The summed E-state index contributed by atoms with van der Waals surface area (Å²) in [4.78, 5) is 9.02. The van der Waals surface area contributed by atoms with Gasteiger partial charge in [0.2, 0.25) is 0 Å². The maximum absolute atomic E-state index is 8.85. The average molecular weight is 238 g/mol. The highest BCUT2D eigenvalue weighted by Crippen LogP contribution is 2.25. The molecule has 0 saturated carbocycles. The molecule has 0 spiro atoms. The van der Waals surface area contributed by atoms with Crippen LogP contribution in [0.4, 0.5) is 11.6 Å². The van der Waals surface area contributed by atoms with E-state index in [0.29, 0.717) is 6.54 Å². The number of aromatic nitrogens is 2. The van der Waals surface area contributed by atoms with Gasteiger partial charge in [-0.05, 0) is 6.92 Å². The van der Waals surface area contributed by atoms with Gasteiger partial charge in [-0.3, -0.25) is 0 Å². The second-order valence-electron chi connectivity index (χ2n) is 5.02. The molecule has 0 bridgehead atoms. The number of hydrogen-bond acceptors (Lipinski definition) is 5. The number of aliphatic hydroxyl groups excluding tert-OH is 1. The summed E-state index contributed by atoms with van der Waals surface area (Å²) < 4.78 is 0. The Kier molecular flexibility index (Phi) is 4.28. The summed E-state index contributed by atoms with van der Waals surface area (Å²) in [6.45, 7) is 8.76. The first-order chi connectivity index (χ1) is 7.90. The van der Waals surface area contributed by atoms with E-state index in [9.17, 15) is 0 Å². The van der Waals surface area contributed by atoms with Crippen molar-refractivity contribution in [3.8, 4) is 0 Å². The number of nitrogens with zero attached hydrogens (tertiary/aromatic N) is 2. The van der Waals surface area contributed by atoms with Crippen LogP contribution in [0.25, 0.3) is 0 Å². The molecule has 0 amide bonds. The predicted molar refractivity (Wildman–Crippen MR) is 70.6 cm³/mol. The van der Waals surface area contributed by atoms with E-state index in [4.69, 9.17) is 5.11 Å². The molecule has 5 nitrogen and oxygen atoms in total. The molecule has 1 aromatic rings. The quantitative estimate of drug-likeness (QED) is 0.742. The summed E-state index contributed by atoms with van der Waals surface area (Å²) in [7, 11) is 1.84. The van der Waals surface area contributed by atoms with E-state index >= 15 is 0 Å². The zero-order chi connectivity index (χ0) is 13.1. The van der Waals surface area contributed by atoms with Crippen LogP contribution < -0.4 is 10.6 Å². The lowest BCUT2D eigenvalue weighted by molar-refractivity contribution is 0.311. The number of hydrogen-bond donors (Lipinski definition) is 3. The summed E-state index contributed by atoms with van der Waals surface area (Å²) in [6.07, 6.45) is 0. The number of anilines is 2. The van der Waals surface area contributed by atoms with Crippen LogP contribution in [0.2, 0.25) is 0 Å². The van der Waals surface area contributed by atoms with Crippen LogP contribution in [-0.2, 0) is 5.41 Å². The fourth-order valence-corrected chi connectivity index (χ4v) is 1.44. The second kappa shape index (κ2) is 5.31. The Morgan fingerprint density at radius 1 is 1.18 bits per heavy atom. The highest BCUT2D eigenvalue weighted by atomic mass is 16.3. The van der Waals surface area contributed by atoms with E-state index in [-0.39, 0.29) is 12.0 Å². The van der Waals surface area contributed by atoms with Gasteiger partial charge in [-0.25, -0.2) is 9.97 Å². The van der Waals surface area contributed by atoms with Crippen LogP contribution in [0.15, 0.2) is 0 Å². The van der Waals surface area contributed by atoms with Crippen molar-refractivity contribution in [1.29, 1.82) is 0 Å². The Morgan fingerprint density at radius 2 is 1.76 bits per heavy atom. The van der Waals surface area contributed by atoms with Gasteiger partial charge in [-0.2, -0.15) is 0 Å². The van der Waals surface area contributed by atoms with Gasteiger partial charge in [0.15, 0.2) is 0 Å². The Labute approximate surface area is 103 Å². The molecule has 1 heterocycles. The van der Waals surface area contributed by atoms with Crippen molar-refractivity contribution in [3.63, 3.8) is 0 Å². The molecule has 0 aromatic carbocycles. The lowest BCUT2D eigenvalue weighted by Gasteiger charge is -2.20. The van der Waals surface area contributed by atoms with Gasteiger partial charge in [0, 0.05) is 24.6 Å². The first-order valence-electron chi connectivity index (χ1n) is 5.81. The molecule has 0 aliphatic heterocycles. The van der Waals surface area contributed by atoms with Crippen molar-refractivity contribution >= 4 is 11.6 Å². The van der Waals surface area contributed by atoms with E-state index in [1.54, 1.807) is 0 Å². The van der Waals surface area contributed by atoms with Crippen molar-refractivity contribution in [2.45, 2.75) is 33.1 Å². The lowest BCUT2D eigenvalue weighted by Crippen LogP contribution is -2.20. The normalized spacial score (nSPS) is 11.4. The molecule has 3 N–H and O–H groups in total. The molecule has 0 atom stereocenters. The fraction of sp³-hybridized carbons (Fsp3) is 0.667. The zero-order valence-electron chi connectivity index (χ0n) is 11.3. The summed E-state index contributed by atoms with van der Waals surface area (Å²) in [6, 6.07) is 0. The van der Waals surface area contributed by atoms with Gasteiger partial charge < -0.3 is 15.7 Å². The van der Waals surface area contributed by atoms with E-state index in [0.717, 1.165) is 23.0 Å². The number of nitrogens with one attached hydrogen (secondary N) is 2. The minimum atomic E-state index is -0.102. The van der Waals surface area contributed by atoms with E-state index in [1.807, 2.05) is 14.0 Å². The summed E-state index contributed by atoms with van der Waals surface area (Å²) in [5, 5.41) is 15.0. The first-order valence-corrected chi connectivity index (χ1v) is 5.81. The topological polar surface area (TPSA) is 70.1 Å². The highest BCUT2D eigenvalue weighted by Gasteiger charge is 2.20. The molecule has 0 radical (unpaired) electrons. The highest BCUT2D eigenvalue weighted by molar-refractivity contribution is 5.57. The molecule has 96 valence electrons. The summed E-state index contributed by atoms with van der Waals surface area (Å²) >= 11 is 0. The van der Waals surface area contributed by atoms with E-state index < -0.39 is 0 Å². The molecular formula is C12H22N4O. The van der Waals surface area contributed by atoms with Gasteiger partial charge >= 0.3 is 0 Å². The predicted octanol–water partition coefficient (Wildman–Crippen LogP) is 1.53. The zero-order valence-corrected chi connectivity index (χ0v) is 11.3. The molecule has 0 aliphatic rings. The number of rotatable bonds is 4. The fourth-order valence-electron chi connectivity index (χ4n) is 1.44.